The average Bonchev–Trinajstić information content (AvgIpc) is 2.87. The molecule has 0 aliphatic carbocycles. The molecule has 1 aromatic carbocycles. The second-order valence-electron chi connectivity index (χ2n) is 10.5. The van der Waals surface area contributed by atoms with Gasteiger partial charge in [-0.15, -0.1) is 0 Å². The first kappa shape index (κ1) is 25.1. The molecule has 8 heteroatoms. The summed E-state index contributed by atoms with van der Waals surface area (Å²) in [5, 5.41) is 3.18. The van der Waals surface area contributed by atoms with Crippen molar-refractivity contribution < 1.29 is 19.1 Å². The van der Waals surface area contributed by atoms with Crippen LogP contribution >= 0.6 is 0 Å². The van der Waals surface area contributed by atoms with Crippen LogP contribution in [0.1, 0.15) is 63.1 Å². The molecule has 1 aromatic rings. The Morgan fingerprint density at radius 1 is 1.16 bits per heavy atom. The van der Waals surface area contributed by atoms with Crippen molar-refractivity contribution in [1.29, 1.82) is 0 Å². The molecule has 1 saturated heterocycles. The quantitative estimate of drug-likeness (QED) is 0.561. The maximum Gasteiger partial charge on any atom is 0.247 e. The van der Waals surface area contributed by atoms with E-state index in [0.717, 1.165) is 43.4 Å². The van der Waals surface area contributed by atoms with Crippen LogP contribution in [0.15, 0.2) is 58.8 Å². The lowest BCUT2D eigenvalue weighted by Gasteiger charge is -2.42. The number of guanidine groups is 1. The molecule has 0 spiro atoms. The Morgan fingerprint density at radius 3 is 2.81 bits per heavy atom. The van der Waals surface area contributed by atoms with Gasteiger partial charge in [0.25, 0.3) is 0 Å². The van der Waals surface area contributed by atoms with E-state index < -0.39 is 0 Å². The molecule has 37 heavy (non-hydrogen) atoms. The molecule has 196 valence electrons. The summed E-state index contributed by atoms with van der Waals surface area (Å²) >= 11 is 0. The van der Waals surface area contributed by atoms with Crippen molar-refractivity contribution in [3.63, 3.8) is 0 Å². The molecule has 5 aliphatic heterocycles. The third-order valence-corrected chi connectivity index (χ3v) is 7.75. The van der Waals surface area contributed by atoms with Crippen LogP contribution < -0.4 is 15.8 Å². The summed E-state index contributed by atoms with van der Waals surface area (Å²) < 4.78 is 11.8. The third-order valence-electron chi connectivity index (χ3n) is 7.75. The van der Waals surface area contributed by atoms with Crippen LogP contribution in [0.4, 0.5) is 0 Å². The number of nitrogens with zero attached hydrogens (tertiary/aromatic N) is 2. The number of nitrogens with one attached hydrogen (secondary N) is 1. The Kier molecular flexibility index (Phi) is 7.09. The fourth-order valence-corrected chi connectivity index (χ4v) is 5.65. The molecule has 3 N–H and O–H groups in total. The monoisotopic (exact) mass is 504 g/mol. The molecule has 0 radical (unpaired) electrons. The Balaban J connectivity index is 1.49. The van der Waals surface area contributed by atoms with Crippen LogP contribution in [0.2, 0.25) is 0 Å². The van der Waals surface area contributed by atoms with E-state index in [1.54, 1.807) is 24.0 Å². The lowest BCUT2D eigenvalue weighted by Crippen LogP contribution is -2.56. The number of rotatable bonds is 0. The first-order valence-electron chi connectivity index (χ1n) is 13.2. The van der Waals surface area contributed by atoms with Crippen molar-refractivity contribution >= 4 is 17.8 Å². The van der Waals surface area contributed by atoms with Gasteiger partial charge in [-0.25, -0.2) is 4.99 Å². The number of carbonyl (C=O) groups excluding carboxylic acids is 2. The number of hydrogen-bond donors (Lipinski definition) is 2. The number of allylic oxidation sites excluding steroid dienone is 2. The highest BCUT2D eigenvalue weighted by Gasteiger charge is 2.40. The Labute approximate surface area is 218 Å². The van der Waals surface area contributed by atoms with Crippen molar-refractivity contribution in [3.05, 3.63) is 65.0 Å². The minimum absolute atomic E-state index is 0.00173. The maximum atomic E-state index is 13.3. The summed E-state index contributed by atoms with van der Waals surface area (Å²) in [4.78, 5) is 32.6. The fraction of sp³-hybridized carbons (Fsp3) is 0.483. The van der Waals surface area contributed by atoms with Gasteiger partial charge in [-0.05, 0) is 43.9 Å². The number of aryl methyl sites for hydroxylation is 1. The number of nitrogens with two attached hydrogens (primary N) is 1. The van der Waals surface area contributed by atoms with Gasteiger partial charge in [0.1, 0.15) is 11.5 Å². The van der Waals surface area contributed by atoms with Crippen LogP contribution in [0.25, 0.3) is 0 Å². The van der Waals surface area contributed by atoms with Gasteiger partial charge < -0.3 is 20.5 Å². The van der Waals surface area contributed by atoms with Crippen LogP contribution in [0.3, 0.4) is 0 Å². The SMILES string of the molecule is C=C1/C2=C\C=C(/C)C(=O)NC3CCOc4ccc(cc43)CCCCC3CC(=O)N(C(N)=N3)C1C(C)CO2. The molecule has 4 atom stereocenters. The van der Waals surface area contributed by atoms with Gasteiger partial charge in [0.05, 0.1) is 31.3 Å². The summed E-state index contributed by atoms with van der Waals surface area (Å²) in [7, 11) is 0. The number of amides is 2. The van der Waals surface area contributed by atoms with Gasteiger partial charge in [0.2, 0.25) is 11.8 Å². The number of hydrogen-bond acceptors (Lipinski definition) is 6. The number of ether oxygens (including phenoxy) is 2. The summed E-state index contributed by atoms with van der Waals surface area (Å²) in [6, 6.07) is 5.71. The van der Waals surface area contributed by atoms with E-state index in [4.69, 9.17) is 20.2 Å². The summed E-state index contributed by atoms with van der Waals surface area (Å²) in [6.45, 7) is 9.02. The zero-order valence-electron chi connectivity index (χ0n) is 21.7. The average molecular weight is 505 g/mol. The highest BCUT2D eigenvalue weighted by Crippen LogP contribution is 2.35. The summed E-state index contributed by atoms with van der Waals surface area (Å²) in [5.74, 6) is 1.46. The van der Waals surface area contributed by atoms with E-state index in [1.165, 1.54) is 5.56 Å². The van der Waals surface area contributed by atoms with Crippen LogP contribution in [-0.2, 0) is 20.7 Å². The summed E-state index contributed by atoms with van der Waals surface area (Å²) in [5.41, 5.74) is 9.81. The van der Waals surface area contributed by atoms with E-state index in [0.29, 0.717) is 36.5 Å². The molecule has 1 fully saturated rings. The molecule has 5 aliphatic rings. The smallest absolute Gasteiger partial charge is 0.247 e. The number of aliphatic imine (C=N–C) groups is 1. The number of carbonyl (C=O) groups is 2. The minimum Gasteiger partial charge on any atom is -0.493 e. The second kappa shape index (κ2) is 10.4. The lowest BCUT2D eigenvalue weighted by molar-refractivity contribution is -0.131. The topological polar surface area (TPSA) is 106 Å². The van der Waals surface area contributed by atoms with Crippen molar-refractivity contribution in [2.75, 3.05) is 13.2 Å². The van der Waals surface area contributed by atoms with Gasteiger partial charge >= 0.3 is 0 Å². The molecular formula is C29H36N4O4. The molecule has 2 amide bonds. The van der Waals surface area contributed by atoms with Gasteiger partial charge in [0.15, 0.2) is 5.96 Å². The molecule has 5 heterocycles. The molecule has 8 nitrogen and oxygen atoms in total. The standard InChI is InChI=1S/C29H36N4O4/c1-17-8-10-24-19(3)27(18(2)16-37-24)33-26(34)15-21(31-29(33)30)7-5-4-6-20-9-11-25-22(14-20)23(12-13-36-25)32-28(17)35/h8-11,14,18,21,23,27H,3-7,12-13,15-16H2,1-2H3,(H2,30,31)(H,32,35)/b17-8+,24-10+. The van der Waals surface area contributed by atoms with Crippen molar-refractivity contribution in [2.45, 2.75) is 70.5 Å². The lowest BCUT2D eigenvalue weighted by atomic mass is 9.89. The van der Waals surface area contributed by atoms with Crippen LogP contribution in [0, 0.1) is 5.92 Å². The fourth-order valence-electron chi connectivity index (χ4n) is 5.65. The third kappa shape index (κ3) is 5.15. The largest absolute Gasteiger partial charge is 0.493 e. The second-order valence-corrected chi connectivity index (χ2v) is 10.5. The van der Waals surface area contributed by atoms with Crippen LogP contribution in [0.5, 0.6) is 5.75 Å². The molecular weight excluding hydrogens is 468 g/mol. The zero-order valence-corrected chi connectivity index (χ0v) is 21.7. The maximum absolute atomic E-state index is 13.3. The Morgan fingerprint density at radius 2 is 2.00 bits per heavy atom. The first-order valence-corrected chi connectivity index (χ1v) is 13.2. The van der Waals surface area contributed by atoms with Crippen molar-refractivity contribution in [3.8, 4) is 5.75 Å². The highest BCUT2D eigenvalue weighted by molar-refractivity contribution is 5.99. The van der Waals surface area contributed by atoms with E-state index in [9.17, 15) is 9.59 Å². The van der Waals surface area contributed by atoms with E-state index >= 15 is 0 Å². The molecule has 6 rings (SSSR count). The van der Waals surface area contributed by atoms with Gasteiger partial charge in [0, 0.05) is 35.5 Å². The Hall–Kier alpha value is -3.55. The molecule has 6 bridgehead atoms. The van der Waals surface area contributed by atoms with Crippen LogP contribution in [-0.4, -0.2) is 48.0 Å². The van der Waals surface area contributed by atoms with Gasteiger partial charge in [-0.3, -0.25) is 14.5 Å². The first-order chi connectivity index (χ1) is 17.8. The molecule has 4 unspecified atom stereocenters. The zero-order chi connectivity index (χ0) is 26.1. The predicted molar refractivity (Wildman–Crippen MR) is 142 cm³/mol. The number of benzene rings is 1. The van der Waals surface area contributed by atoms with E-state index in [1.807, 2.05) is 13.0 Å². The number of fused-ring (bicyclic) bond motifs is 7. The van der Waals surface area contributed by atoms with E-state index in [-0.39, 0.29) is 41.8 Å². The highest BCUT2D eigenvalue weighted by atomic mass is 16.5. The van der Waals surface area contributed by atoms with Crippen molar-refractivity contribution in [2.24, 2.45) is 16.6 Å². The normalized spacial score (nSPS) is 31.6. The summed E-state index contributed by atoms with van der Waals surface area (Å²) in [6.07, 6.45) is 8.20. The minimum atomic E-state index is -0.337. The van der Waals surface area contributed by atoms with Crippen molar-refractivity contribution in [1.82, 2.24) is 10.2 Å². The van der Waals surface area contributed by atoms with Gasteiger partial charge in [-0.1, -0.05) is 38.1 Å². The predicted octanol–water partition coefficient (Wildman–Crippen LogP) is 3.69. The molecule has 0 saturated carbocycles. The van der Waals surface area contributed by atoms with E-state index in [2.05, 4.69) is 24.0 Å². The van der Waals surface area contributed by atoms with Gasteiger partial charge in [-0.2, -0.15) is 0 Å². The molecule has 0 aromatic heterocycles. The Bertz CT molecular complexity index is 1200.